The Kier molecular flexibility index (Phi) is 6.97. The van der Waals surface area contributed by atoms with Crippen LogP contribution in [0.25, 0.3) is 0 Å². The molecule has 2 N–H and O–H groups in total. The zero-order valence-electron chi connectivity index (χ0n) is 16.5. The van der Waals surface area contributed by atoms with Gasteiger partial charge in [-0.2, -0.15) is 13.2 Å². The van der Waals surface area contributed by atoms with Crippen molar-refractivity contribution < 1.29 is 32.3 Å². The average Bonchev–Trinajstić information content (AvgIpc) is 2.96. The molecule has 0 aromatic heterocycles. The first kappa shape index (κ1) is 23.5. The minimum Gasteiger partial charge on any atom is -0.344 e. The summed E-state index contributed by atoms with van der Waals surface area (Å²) in [5.74, 6) is -3.17. The average molecular weight is 512 g/mol. The summed E-state index contributed by atoms with van der Waals surface area (Å²) in [7, 11) is 0. The molecule has 168 valence electrons. The molecular weight excluding hydrogens is 495 g/mol. The van der Waals surface area contributed by atoms with E-state index in [9.17, 15) is 32.3 Å². The van der Waals surface area contributed by atoms with E-state index in [4.69, 9.17) is 0 Å². The Hall–Kier alpha value is -3.21. The predicted molar refractivity (Wildman–Crippen MR) is 112 cm³/mol. The zero-order valence-corrected chi connectivity index (χ0v) is 18.0. The number of nitrogens with zero attached hydrogens (tertiary/aromatic N) is 1. The van der Waals surface area contributed by atoms with Crippen LogP contribution in [0, 0.1) is 0 Å². The van der Waals surface area contributed by atoms with Crippen molar-refractivity contribution in [2.75, 3.05) is 11.9 Å². The molecule has 3 rings (SSSR count). The summed E-state index contributed by atoms with van der Waals surface area (Å²) >= 11 is 3.26. The standard InChI is InChI=1S/C21H17BrF3N3O4/c22-13-5-8-15-16(10-13)19(31)28(18(15)30)9-1-2-17(29)27-14-6-3-12(4-7-14)11-26-20(32)21(23,24)25/h3-8,10H,1-2,9,11H2,(H,26,32)(H,27,29). The normalized spacial score (nSPS) is 13.2. The number of anilines is 1. The van der Waals surface area contributed by atoms with Crippen molar-refractivity contribution in [1.29, 1.82) is 0 Å². The summed E-state index contributed by atoms with van der Waals surface area (Å²) in [6.45, 7) is -0.210. The lowest BCUT2D eigenvalue weighted by Crippen LogP contribution is -2.36. The number of amides is 4. The van der Waals surface area contributed by atoms with Crippen molar-refractivity contribution in [3.8, 4) is 0 Å². The lowest BCUT2D eigenvalue weighted by Gasteiger charge is -2.13. The Balaban J connectivity index is 1.45. The Morgan fingerprint density at radius 1 is 0.969 bits per heavy atom. The molecule has 1 aliphatic heterocycles. The fourth-order valence-electron chi connectivity index (χ4n) is 3.08. The van der Waals surface area contributed by atoms with Crippen molar-refractivity contribution in [1.82, 2.24) is 10.2 Å². The fourth-order valence-corrected chi connectivity index (χ4v) is 3.44. The molecule has 2 aromatic carbocycles. The van der Waals surface area contributed by atoms with E-state index in [2.05, 4.69) is 21.2 Å². The minimum absolute atomic E-state index is 0.0560. The van der Waals surface area contributed by atoms with E-state index in [1.54, 1.807) is 23.5 Å². The summed E-state index contributed by atoms with van der Waals surface area (Å²) in [5.41, 5.74) is 1.50. The van der Waals surface area contributed by atoms with E-state index in [1.807, 2.05) is 0 Å². The van der Waals surface area contributed by atoms with Crippen LogP contribution >= 0.6 is 15.9 Å². The van der Waals surface area contributed by atoms with Gasteiger partial charge in [-0.05, 0) is 42.3 Å². The van der Waals surface area contributed by atoms with Gasteiger partial charge in [0.25, 0.3) is 11.8 Å². The van der Waals surface area contributed by atoms with Crippen molar-refractivity contribution in [2.24, 2.45) is 0 Å². The van der Waals surface area contributed by atoms with Gasteiger partial charge in [-0.3, -0.25) is 24.1 Å². The highest BCUT2D eigenvalue weighted by atomic mass is 79.9. The molecule has 0 saturated carbocycles. The smallest absolute Gasteiger partial charge is 0.344 e. The number of hydrogen-bond acceptors (Lipinski definition) is 4. The molecule has 7 nitrogen and oxygen atoms in total. The van der Waals surface area contributed by atoms with Gasteiger partial charge in [0.2, 0.25) is 5.91 Å². The lowest BCUT2D eigenvalue weighted by molar-refractivity contribution is -0.173. The molecule has 0 aliphatic carbocycles. The van der Waals surface area contributed by atoms with Gasteiger partial charge in [0.1, 0.15) is 0 Å². The van der Waals surface area contributed by atoms with Gasteiger partial charge >= 0.3 is 12.1 Å². The number of alkyl halides is 3. The molecule has 2 aromatic rings. The second-order valence-corrected chi connectivity index (χ2v) is 7.90. The second kappa shape index (κ2) is 9.51. The molecule has 0 atom stereocenters. The molecule has 0 unspecified atom stereocenters. The molecule has 0 saturated heterocycles. The summed E-state index contributed by atoms with van der Waals surface area (Å²) in [6.07, 6.45) is -4.63. The summed E-state index contributed by atoms with van der Waals surface area (Å²) in [6, 6.07) is 10.8. The molecule has 32 heavy (non-hydrogen) atoms. The lowest BCUT2D eigenvalue weighted by atomic mass is 10.1. The van der Waals surface area contributed by atoms with Crippen LogP contribution in [0.3, 0.4) is 0 Å². The van der Waals surface area contributed by atoms with Crippen LogP contribution in [0.15, 0.2) is 46.9 Å². The van der Waals surface area contributed by atoms with E-state index in [0.717, 1.165) is 4.90 Å². The number of hydrogen-bond donors (Lipinski definition) is 2. The van der Waals surface area contributed by atoms with Crippen LogP contribution in [0.1, 0.15) is 39.1 Å². The molecule has 0 spiro atoms. The number of rotatable bonds is 7. The van der Waals surface area contributed by atoms with Crippen LogP contribution in [0.4, 0.5) is 18.9 Å². The largest absolute Gasteiger partial charge is 0.471 e. The third-order valence-corrected chi connectivity index (χ3v) is 5.16. The van der Waals surface area contributed by atoms with Crippen molar-refractivity contribution in [3.63, 3.8) is 0 Å². The number of carbonyl (C=O) groups is 4. The maximum Gasteiger partial charge on any atom is 0.471 e. The van der Waals surface area contributed by atoms with Gasteiger partial charge in [0, 0.05) is 29.7 Å². The molecule has 0 bridgehead atoms. The highest BCUT2D eigenvalue weighted by Crippen LogP contribution is 2.26. The van der Waals surface area contributed by atoms with Gasteiger partial charge in [-0.25, -0.2) is 0 Å². The van der Waals surface area contributed by atoms with Gasteiger partial charge in [0.05, 0.1) is 11.1 Å². The van der Waals surface area contributed by atoms with Crippen LogP contribution < -0.4 is 10.6 Å². The van der Waals surface area contributed by atoms with Crippen molar-refractivity contribution in [2.45, 2.75) is 25.6 Å². The number of benzene rings is 2. The van der Waals surface area contributed by atoms with Gasteiger partial charge in [-0.15, -0.1) is 0 Å². The Bertz CT molecular complexity index is 1070. The van der Waals surface area contributed by atoms with E-state index >= 15 is 0 Å². The highest BCUT2D eigenvalue weighted by molar-refractivity contribution is 9.10. The molecule has 1 aliphatic rings. The van der Waals surface area contributed by atoms with Crippen LogP contribution in [-0.4, -0.2) is 41.2 Å². The first-order valence-electron chi connectivity index (χ1n) is 9.46. The SMILES string of the molecule is O=C(CCCN1C(=O)c2ccc(Br)cc2C1=O)Nc1ccc(CNC(=O)C(F)(F)F)cc1. The molecule has 0 radical (unpaired) electrons. The third kappa shape index (κ3) is 5.52. The van der Waals surface area contributed by atoms with E-state index in [1.165, 1.54) is 24.3 Å². The van der Waals surface area contributed by atoms with Gasteiger partial charge in [-0.1, -0.05) is 28.1 Å². The number of nitrogens with one attached hydrogen (secondary N) is 2. The predicted octanol–water partition coefficient (Wildman–Crippen LogP) is 3.64. The molecular formula is C21H17BrF3N3O4. The number of carbonyl (C=O) groups excluding carboxylic acids is 4. The van der Waals surface area contributed by atoms with Crippen molar-refractivity contribution in [3.05, 3.63) is 63.6 Å². The van der Waals surface area contributed by atoms with E-state index < -0.39 is 23.9 Å². The molecule has 0 fully saturated rings. The first-order chi connectivity index (χ1) is 15.1. The third-order valence-electron chi connectivity index (χ3n) is 4.67. The first-order valence-corrected chi connectivity index (χ1v) is 10.2. The Morgan fingerprint density at radius 2 is 1.62 bits per heavy atom. The maximum absolute atomic E-state index is 12.4. The topological polar surface area (TPSA) is 95.6 Å². The highest BCUT2D eigenvalue weighted by Gasteiger charge is 2.38. The summed E-state index contributed by atoms with van der Waals surface area (Å²) < 4.78 is 37.2. The maximum atomic E-state index is 12.4. The zero-order chi connectivity index (χ0) is 23.5. The monoisotopic (exact) mass is 511 g/mol. The Morgan fingerprint density at radius 3 is 2.28 bits per heavy atom. The Labute approximate surface area is 189 Å². The van der Waals surface area contributed by atoms with Crippen LogP contribution in [0.5, 0.6) is 0 Å². The van der Waals surface area contributed by atoms with E-state index in [0.29, 0.717) is 26.9 Å². The fraction of sp³-hybridized carbons (Fsp3) is 0.238. The summed E-state index contributed by atoms with van der Waals surface area (Å²) in [5, 5.41) is 4.39. The van der Waals surface area contributed by atoms with Gasteiger partial charge < -0.3 is 10.6 Å². The summed E-state index contributed by atoms with van der Waals surface area (Å²) in [4.78, 5) is 48.8. The van der Waals surface area contributed by atoms with Crippen molar-refractivity contribution >= 4 is 45.2 Å². The molecule has 11 heteroatoms. The van der Waals surface area contributed by atoms with Crippen LogP contribution in [0.2, 0.25) is 0 Å². The molecule has 1 heterocycles. The number of halogens is 4. The van der Waals surface area contributed by atoms with Gasteiger partial charge in [0.15, 0.2) is 0 Å². The minimum atomic E-state index is -4.95. The van der Waals surface area contributed by atoms with E-state index in [-0.39, 0.29) is 31.8 Å². The number of imide groups is 1. The second-order valence-electron chi connectivity index (χ2n) is 6.98. The van der Waals surface area contributed by atoms with Crippen LogP contribution in [-0.2, 0) is 16.1 Å². The quantitative estimate of drug-likeness (QED) is 0.554. The number of fused-ring (bicyclic) bond motifs is 1. The molecule has 4 amide bonds.